The Bertz CT molecular complexity index is 1170. The first-order chi connectivity index (χ1) is 14.1. The van der Waals surface area contributed by atoms with Crippen molar-refractivity contribution < 1.29 is 8.78 Å². The summed E-state index contributed by atoms with van der Waals surface area (Å²) >= 11 is 0. The highest BCUT2D eigenvalue weighted by Gasteiger charge is 2.21. The molecule has 0 saturated carbocycles. The summed E-state index contributed by atoms with van der Waals surface area (Å²) in [6.07, 6.45) is 2.82. The standard InChI is InChI=1S/C22H23F2N5/c1-13-8-16(11-29-22(13)26-12-27-29)21-18(10-20(23)24)17-9-15(2-3-19(17)28-21)14-4-6-25-7-5-14/h2-3,8-9,11-12,14,20,25,28H,4-7,10H2,1H3. The molecular formula is C22H23F2N5. The second-order valence-electron chi connectivity index (χ2n) is 7.84. The monoisotopic (exact) mass is 395 g/mol. The van der Waals surface area contributed by atoms with Gasteiger partial charge in [0.1, 0.15) is 6.33 Å². The molecule has 0 atom stereocenters. The van der Waals surface area contributed by atoms with Crippen molar-refractivity contribution in [3.8, 4) is 11.3 Å². The van der Waals surface area contributed by atoms with Gasteiger partial charge in [0.15, 0.2) is 5.65 Å². The number of piperidine rings is 1. The Morgan fingerprint density at radius 1 is 1.21 bits per heavy atom. The van der Waals surface area contributed by atoms with E-state index in [1.165, 1.54) is 11.9 Å². The molecule has 0 bridgehead atoms. The Balaban J connectivity index is 1.67. The summed E-state index contributed by atoms with van der Waals surface area (Å²) in [7, 11) is 0. The predicted octanol–water partition coefficient (Wildman–Crippen LogP) is 4.46. The van der Waals surface area contributed by atoms with Gasteiger partial charge in [-0.05, 0) is 73.7 Å². The second kappa shape index (κ2) is 7.22. The average molecular weight is 395 g/mol. The Morgan fingerprint density at radius 3 is 2.83 bits per heavy atom. The first-order valence-electron chi connectivity index (χ1n) is 10.0. The molecule has 0 radical (unpaired) electrons. The van der Waals surface area contributed by atoms with E-state index >= 15 is 0 Å². The highest BCUT2D eigenvalue weighted by molar-refractivity contribution is 5.91. The van der Waals surface area contributed by atoms with Crippen molar-refractivity contribution in [2.45, 2.75) is 38.5 Å². The van der Waals surface area contributed by atoms with Gasteiger partial charge in [-0.1, -0.05) is 6.07 Å². The van der Waals surface area contributed by atoms with E-state index in [0.717, 1.165) is 59.3 Å². The van der Waals surface area contributed by atoms with Crippen LogP contribution in [0, 0.1) is 6.92 Å². The van der Waals surface area contributed by atoms with E-state index in [0.29, 0.717) is 11.5 Å². The summed E-state index contributed by atoms with van der Waals surface area (Å²) < 4.78 is 28.7. The van der Waals surface area contributed by atoms with E-state index in [-0.39, 0.29) is 6.42 Å². The number of pyridine rings is 1. The van der Waals surface area contributed by atoms with Crippen molar-refractivity contribution in [2.75, 3.05) is 13.1 Å². The minimum absolute atomic E-state index is 0.278. The van der Waals surface area contributed by atoms with Crippen LogP contribution in [0.5, 0.6) is 0 Å². The third kappa shape index (κ3) is 3.29. The van der Waals surface area contributed by atoms with Gasteiger partial charge < -0.3 is 10.3 Å². The first kappa shape index (κ1) is 18.2. The number of hydrogen-bond donors (Lipinski definition) is 2. The number of nitrogens with zero attached hydrogens (tertiary/aromatic N) is 3. The highest BCUT2D eigenvalue weighted by atomic mass is 19.3. The summed E-state index contributed by atoms with van der Waals surface area (Å²) in [6.45, 7) is 3.96. The molecule has 1 aliphatic heterocycles. The topological polar surface area (TPSA) is 58.0 Å². The minimum atomic E-state index is -2.41. The van der Waals surface area contributed by atoms with Crippen LogP contribution >= 0.6 is 0 Å². The van der Waals surface area contributed by atoms with Crippen LogP contribution in [0.3, 0.4) is 0 Å². The van der Waals surface area contributed by atoms with E-state index in [1.807, 2.05) is 25.3 Å². The van der Waals surface area contributed by atoms with Gasteiger partial charge in [-0.15, -0.1) is 0 Å². The molecule has 2 N–H and O–H groups in total. The van der Waals surface area contributed by atoms with Crippen molar-refractivity contribution >= 4 is 16.6 Å². The molecule has 1 saturated heterocycles. The van der Waals surface area contributed by atoms with Gasteiger partial charge in [-0.2, -0.15) is 5.10 Å². The quantitative estimate of drug-likeness (QED) is 0.536. The fraction of sp³-hybridized carbons (Fsp3) is 0.364. The number of H-pyrrole nitrogens is 1. The third-order valence-corrected chi connectivity index (χ3v) is 5.95. The third-order valence-electron chi connectivity index (χ3n) is 5.95. The molecule has 5 rings (SSSR count). The molecule has 1 aromatic carbocycles. The molecule has 29 heavy (non-hydrogen) atoms. The number of halogens is 2. The van der Waals surface area contributed by atoms with Crippen LogP contribution in [0.4, 0.5) is 8.78 Å². The summed E-state index contributed by atoms with van der Waals surface area (Å²) in [5.41, 5.74) is 6.11. The number of hydrogen-bond acceptors (Lipinski definition) is 3. The lowest BCUT2D eigenvalue weighted by atomic mass is 9.89. The molecule has 4 heterocycles. The molecule has 1 fully saturated rings. The number of aromatic amines is 1. The Morgan fingerprint density at radius 2 is 2.03 bits per heavy atom. The lowest BCUT2D eigenvalue weighted by Gasteiger charge is -2.23. The normalized spacial score (nSPS) is 15.7. The lowest BCUT2D eigenvalue weighted by Crippen LogP contribution is -2.26. The molecule has 150 valence electrons. The van der Waals surface area contributed by atoms with E-state index in [9.17, 15) is 8.78 Å². The van der Waals surface area contributed by atoms with E-state index in [2.05, 4.69) is 32.5 Å². The van der Waals surface area contributed by atoms with Crippen LogP contribution in [-0.2, 0) is 6.42 Å². The SMILES string of the molecule is Cc1cc(-c2[nH]c3ccc(C4CCNCC4)cc3c2CC(F)F)cn2ncnc12. The van der Waals surface area contributed by atoms with Crippen molar-refractivity contribution in [3.63, 3.8) is 0 Å². The van der Waals surface area contributed by atoms with Crippen molar-refractivity contribution in [1.29, 1.82) is 0 Å². The number of rotatable bonds is 4. The molecule has 3 aromatic heterocycles. The number of aryl methyl sites for hydroxylation is 1. The maximum atomic E-state index is 13.5. The van der Waals surface area contributed by atoms with Crippen molar-refractivity contribution in [1.82, 2.24) is 24.9 Å². The van der Waals surface area contributed by atoms with Gasteiger partial charge in [0.25, 0.3) is 0 Å². The zero-order valence-electron chi connectivity index (χ0n) is 16.3. The predicted molar refractivity (Wildman–Crippen MR) is 110 cm³/mol. The van der Waals surface area contributed by atoms with Crippen LogP contribution in [0.2, 0.25) is 0 Å². The zero-order valence-corrected chi connectivity index (χ0v) is 16.3. The maximum absolute atomic E-state index is 13.5. The number of alkyl halides is 2. The van der Waals surface area contributed by atoms with Crippen LogP contribution in [0.1, 0.15) is 35.4 Å². The van der Waals surface area contributed by atoms with Gasteiger partial charge in [-0.25, -0.2) is 18.3 Å². The average Bonchev–Trinajstić information content (AvgIpc) is 3.33. The Hall–Kier alpha value is -2.80. The van der Waals surface area contributed by atoms with Crippen molar-refractivity contribution in [3.05, 3.63) is 53.5 Å². The minimum Gasteiger partial charge on any atom is -0.354 e. The molecule has 0 aliphatic carbocycles. The fourth-order valence-electron chi connectivity index (χ4n) is 4.52. The molecular weight excluding hydrogens is 372 g/mol. The van der Waals surface area contributed by atoms with Crippen LogP contribution in [-0.4, -0.2) is 39.1 Å². The van der Waals surface area contributed by atoms with Gasteiger partial charge in [-0.3, -0.25) is 0 Å². The van der Waals surface area contributed by atoms with Crippen LogP contribution < -0.4 is 5.32 Å². The first-order valence-corrected chi connectivity index (χ1v) is 10.0. The Labute approximate surface area is 167 Å². The van der Waals surface area contributed by atoms with Gasteiger partial charge >= 0.3 is 0 Å². The van der Waals surface area contributed by atoms with Gasteiger partial charge in [0.05, 0.1) is 5.69 Å². The zero-order chi connectivity index (χ0) is 20.0. The smallest absolute Gasteiger partial charge is 0.242 e. The van der Waals surface area contributed by atoms with Gasteiger partial charge in [0, 0.05) is 29.1 Å². The summed E-state index contributed by atoms with van der Waals surface area (Å²) in [5.74, 6) is 0.479. The van der Waals surface area contributed by atoms with Crippen LogP contribution in [0.15, 0.2) is 36.8 Å². The molecule has 0 spiro atoms. The number of fused-ring (bicyclic) bond motifs is 2. The lowest BCUT2D eigenvalue weighted by molar-refractivity contribution is 0.149. The molecule has 4 aromatic rings. The molecule has 1 aliphatic rings. The van der Waals surface area contributed by atoms with Crippen molar-refractivity contribution in [2.24, 2.45) is 0 Å². The largest absolute Gasteiger partial charge is 0.354 e. The summed E-state index contributed by atoms with van der Waals surface area (Å²) in [5, 5.41) is 8.50. The van der Waals surface area contributed by atoms with E-state index < -0.39 is 6.43 Å². The molecule has 0 unspecified atom stereocenters. The number of nitrogens with one attached hydrogen (secondary N) is 2. The fourth-order valence-corrected chi connectivity index (χ4v) is 4.52. The van der Waals surface area contributed by atoms with E-state index in [1.54, 1.807) is 4.52 Å². The Kier molecular flexibility index (Phi) is 4.54. The molecule has 7 heteroatoms. The van der Waals surface area contributed by atoms with E-state index in [4.69, 9.17) is 0 Å². The van der Waals surface area contributed by atoms with Gasteiger partial charge in [0.2, 0.25) is 6.43 Å². The highest BCUT2D eigenvalue weighted by Crippen LogP contribution is 2.35. The summed E-state index contributed by atoms with van der Waals surface area (Å²) in [4.78, 5) is 7.64. The second-order valence-corrected chi connectivity index (χ2v) is 7.84. The number of aromatic nitrogens is 4. The number of benzene rings is 1. The van der Waals surface area contributed by atoms with Crippen LogP contribution in [0.25, 0.3) is 27.8 Å². The molecule has 0 amide bonds. The summed E-state index contributed by atoms with van der Waals surface area (Å²) in [6, 6.07) is 8.27. The maximum Gasteiger partial charge on any atom is 0.242 e. The molecule has 5 nitrogen and oxygen atoms in total.